The summed E-state index contributed by atoms with van der Waals surface area (Å²) in [5, 5.41) is 17.1. The van der Waals surface area contributed by atoms with Gasteiger partial charge in [0, 0.05) is 13.6 Å². The Hall–Kier alpha value is -1.07. The number of nitrogens with zero attached hydrogens (tertiary/aromatic N) is 2. The average Bonchev–Trinajstić information content (AvgIpc) is 2.70. The standard InChI is InChI=1S/C13H22ClN3O2/c1-5-8(3)10(18)7-15-13(19)11-9(6-2)16-17(4)12(11)14/h8,10,18H,5-7H2,1-4H3,(H,15,19). The van der Waals surface area contributed by atoms with Crippen molar-refractivity contribution in [2.75, 3.05) is 6.54 Å². The van der Waals surface area contributed by atoms with Crippen LogP contribution in [-0.2, 0) is 13.5 Å². The summed E-state index contributed by atoms with van der Waals surface area (Å²) < 4.78 is 1.49. The molecule has 0 aromatic carbocycles. The van der Waals surface area contributed by atoms with Crippen molar-refractivity contribution in [2.24, 2.45) is 13.0 Å². The van der Waals surface area contributed by atoms with Crippen molar-refractivity contribution in [3.63, 3.8) is 0 Å². The van der Waals surface area contributed by atoms with Crippen LogP contribution in [0.2, 0.25) is 5.15 Å². The van der Waals surface area contributed by atoms with E-state index >= 15 is 0 Å². The minimum Gasteiger partial charge on any atom is -0.391 e. The van der Waals surface area contributed by atoms with Crippen LogP contribution in [0.5, 0.6) is 0 Å². The summed E-state index contributed by atoms with van der Waals surface area (Å²) >= 11 is 6.07. The van der Waals surface area contributed by atoms with Gasteiger partial charge in [-0.25, -0.2) is 0 Å². The highest BCUT2D eigenvalue weighted by Gasteiger charge is 2.21. The lowest BCUT2D eigenvalue weighted by Gasteiger charge is -2.17. The molecular formula is C13H22ClN3O2. The van der Waals surface area contributed by atoms with Gasteiger partial charge in [-0.15, -0.1) is 0 Å². The van der Waals surface area contributed by atoms with E-state index in [-0.39, 0.29) is 18.4 Å². The Bertz CT molecular complexity index is 445. The van der Waals surface area contributed by atoms with Crippen LogP contribution in [0.4, 0.5) is 0 Å². The van der Waals surface area contributed by atoms with Crippen LogP contribution in [0.15, 0.2) is 0 Å². The van der Waals surface area contributed by atoms with E-state index in [1.54, 1.807) is 7.05 Å². The smallest absolute Gasteiger partial charge is 0.256 e. The number of halogens is 1. The Balaban J connectivity index is 2.74. The number of amides is 1. The molecule has 2 N–H and O–H groups in total. The normalized spacial score (nSPS) is 14.2. The molecule has 0 aliphatic rings. The molecule has 1 heterocycles. The molecule has 0 fully saturated rings. The molecule has 1 amide bonds. The van der Waals surface area contributed by atoms with E-state index < -0.39 is 6.10 Å². The fourth-order valence-electron chi connectivity index (χ4n) is 1.79. The van der Waals surface area contributed by atoms with Crippen LogP contribution >= 0.6 is 11.6 Å². The highest BCUT2D eigenvalue weighted by Crippen LogP contribution is 2.19. The number of aliphatic hydroxyl groups is 1. The zero-order valence-electron chi connectivity index (χ0n) is 11.9. The first-order chi connectivity index (χ1) is 8.92. The zero-order valence-corrected chi connectivity index (χ0v) is 12.7. The van der Waals surface area contributed by atoms with E-state index in [4.69, 9.17) is 11.6 Å². The van der Waals surface area contributed by atoms with Gasteiger partial charge in [0.15, 0.2) is 0 Å². The van der Waals surface area contributed by atoms with Gasteiger partial charge in [0.1, 0.15) is 5.15 Å². The van der Waals surface area contributed by atoms with Crippen molar-refractivity contribution >= 4 is 17.5 Å². The molecule has 5 nitrogen and oxygen atoms in total. The van der Waals surface area contributed by atoms with Crippen LogP contribution < -0.4 is 5.32 Å². The minimum atomic E-state index is -0.547. The maximum absolute atomic E-state index is 12.1. The molecule has 108 valence electrons. The van der Waals surface area contributed by atoms with Crippen LogP contribution in [0.25, 0.3) is 0 Å². The van der Waals surface area contributed by atoms with Crippen molar-refractivity contribution < 1.29 is 9.90 Å². The quantitative estimate of drug-likeness (QED) is 0.838. The minimum absolute atomic E-state index is 0.148. The van der Waals surface area contributed by atoms with Gasteiger partial charge < -0.3 is 10.4 Å². The topological polar surface area (TPSA) is 67.2 Å². The SMILES string of the molecule is CCc1nn(C)c(Cl)c1C(=O)NCC(O)C(C)CC. The van der Waals surface area contributed by atoms with Gasteiger partial charge in [-0.3, -0.25) is 9.48 Å². The maximum atomic E-state index is 12.1. The molecule has 0 aliphatic heterocycles. The van der Waals surface area contributed by atoms with Gasteiger partial charge in [-0.05, 0) is 12.3 Å². The predicted octanol–water partition coefficient (Wildman–Crippen LogP) is 1.77. The lowest BCUT2D eigenvalue weighted by Crippen LogP contribution is -2.35. The van der Waals surface area contributed by atoms with Gasteiger partial charge >= 0.3 is 0 Å². The molecule has 0 spiro atoms. The molecule has 0 saturated carbocycles. The summed E-state index contributed by atoms with van der Waals surface area (Å²) in [5.41, 5.74) is 1.08. The summed E-state index contributed by atoms with van der Waals surface area (Å²) in [4.78, 5) is 12.1. The van der Waals surface area contributed by atoms with Crippen molar-refractivity contribution in [3.8, 4) is 0 Å². The summed E-state index contributed by atoms with van der Waals surface area (Å²) in [7, 11) is 1.70. The average molecular weight is 288 g/mol. The van der Waals surface area contributed by atoms with E-state index in [0.717, 1.165) is 6.42 Å². The molecule has 0 bridgehead atoms. The largest absolute Gasteiger partial charge is 0.391 e. The molecule has 0 saturated heterocycles. The van der Waals surface area contributed by atoms with Gasteiger partial charge in [-0.1, -0.05) is 38.8 Å². The fraction of sp³-hybridized carbons (Fsp3) is 0.692. The number of carbonyl (C=O) groups excluding carboxylic acids is 1. The van der Waals surface area contributed by atoms with Crippen molar-refractivity contribution in [1.29, 1.82) is 0 Å². The molecular weight excluding hydrogens is 266 g/mol. The summed E-state index contributed by atoms with van der Waals surface area (Å²) in [6.07, 6.45) is 0.955. The molecule has 0 radical (unpaired) electrons. The number of aromatic nitrogens is 2. The highest BCUT2D eigenvalue weighted by atomic mass is 35.5. The molecule has 6 heteroatoms. The molecule has 1 aromatic heterocycles. The van der Waals surface area contributed by atoms with Gasteiger partial charge in [0.25, 0.3) is 5.91 Å². The Kier molecular flexibility index (Phi) is 5.82. The number of aliphatic hydroxyl groups excluding tert-OH is 1. The monoisotopic (exact) mass is 287 g/mol. The summed E-state index contributed by atoms with van der Waals surface area (Å²) in [6, 6.07) is 0. The second-order valence-electron chi connectivity index (χ2n) is 4.75. The van der Waals surface area contributed by atoms with E-state index in [9.17, 15) is 9.90 Å². The third kappa shape index (κ3) is 3.70. The lowest BCUT2D eigenvalue weighted by atomic mass is 10.0. The Morgan fingerprint density at radius 2 is 2.16 bits per heavy atom. The number of rotatable bonds is 6. The number of hydrogen-bond acceptors (Lipinski definition) is 3. The lowest BCUT2D eigenvalue weighted by molar-refractivity contribution is 0.0849. The number of aryl methyl sites for hydroxylation is 2. The van der Waals surface area contributed by atoms with Crippen molar-refractivity contribution in [1.82, 2.24) is 15.1 Å². The van der Waals surface area contributed by atoms with Crippen molar-refractivity contribution in [3.05, 3.63) is 16.4 Å². The number of carbonyl (C=O) groups is 1. The first kappa shape index (κ1) is 16.0. The number of hydrogen-bond donors (Lipinski definition) is 2. The van der Waals surface area contributed by atoms with Crippen LogP contribution in [0.3, 0.4) is 0 Å². The maximum Gasteiger partial charge on any atom is 0.256 e. The summed E-state index contributed by atoms with van der Waals surface area (Å²) in [6.45, 7) is 6.10. The predicted molar refractivity (Wildman–Crippen MR) is 75.4 cm³/mol. The second kappa shape index (κ2) is 6.91. The second-order valence-corrected chi connectivity index (χ2v) is 5.11. The molecule has 1 aromatic rings. The van der Waals surface area contributed by atoms with Gasteiger partial charge in [0.05, 0.1) is 17.4 Å². The van der Waals surface area contributed by atoms with Crippen LogP contribution in [-0.4, -0.2) is 33.4 Å². The third-order valence-electron chi connectivity index (χ3n) is 3.38. The molecule has 0 aliphatic carbocycles. The van der Waals surface area contributed by atoms with E-state index in [2.05, 4.69) is 10.4 Å². The molecule has 1 rings (SSSR count). The number of nitrogens with one attached hydrogen (secondary N) is 1. The van der Waals surface area contributed by atoms with E-state index in [1.165, 1.54) is 4.68 Å². The Morgan fingerprint density at radius 1 is 1.53 bits per heavy atom. The highest BCUT2D eigenvalue weighted by molar-refractivity contribution is 6.33. The van der Waals surface area contributed by atoms with E-state index in [0.29, 0.717) is 22.8 Å². The summed E-state index contributed by atoms with van der Waals surface area (Å²) in [5.74, 6) is -0.132. The van der Waals surface area contributed by atoms with Crippen LogP contribution in [0.1, 0.15) is 43.2 Å². The Morgan fingerprint density at radius 3 is 2.68 bits per heavy atom. The van der Waals surface area contributed by atoms with Gasteiger partial charge in [0.2, 0.25) is 0 Å². The fourth-order valence-corrected chi connectivity index (χ4v) is 2.02. The van der Waals surface area contributed by atoms with Crippen LogP contribution in [0, 0.1) is 5.92 Å². The molecule has 19 heavy (non-hydrogen) atoms. The zero-order chi connectivity index (χ0) is 14.6. The molecule has 2 unspecified atom stereocenters. The first-order valence-corrected chi connectivity index (χ1v) is 6.97. The Labute approximate surface area is 118 Å². The van der Waals surface area contributed by atoms with Gasteiger partial charge in [-0.2, -0.15) is 5.10 Å². The third-order valence-corrected chi connectivity index (χ3v) is 3.82. The van der Waals surface area contributed by atoms with Crippen molar-refractivity contribution in [2.45, 2.75) is 39.7 Å². The van der Waals surface area contributed by atoms with E-state index in [1.807, 2.05) is 20.8 Å². The molecule has 2 atom stereocenters. The first-order valence-electron chi connectivity index (χ1n) is 6.59.